The summed E-state index contributed by atoms with van der Waals surface area (Å²) in [4.78, 5) is 8.85. The minimum absolute atomic E-state index is 0.493. The van der Waals surface area contributed by atoms with E-state index in [2.05, 4.69) is 30.7 Å². The van der Waals surface area contributed by atoms with Crippen molar-refractivity contribution < 1.29 is 0 Å². The maximum absolute atomic E-state index is 4.53. The lowest BCUT2D eigenvalue weighted by molar-refractivity contribution is 0.517. The molecule has 0 saturated carbocycles. The van der Waals surface area contributed by atoms with Crippen LogP contribution in [-0.2, 0) is 0 Å². The monoisotopic (exact) mass is 178 g/mol. The first-order valence-corrected chi connectivity index (χ1v) is 4.82. The molecule has 0 aliphatic rings. The Morgan fingerprint density at radius 2 is 1.77 bits per heavy atom. The number of hydrogen-bond acceptors (Lipinski definition) is 2. The van der Waals surface area contributed by atoms with Gasteiger partial charge in [-0.3, -0.25) is 9.97 Å². The zero-order chi connectivity index (χ0) is 10.0. The predicted octanol–water partition coefficient (Wildman–Crippen LogP) is 2.85. The summed E-state index contributed by atoms with van der Waals surface area (Å²) >= 11 is 0. The van der Waals surface area contributed by atoms with Gasteiger partial charge < -0.3 is 0 Å². The molecule has 0 saturated heterocycles. The molecule has 0 aromatic carbocycles. The summed E-state index contributed by atoms with van der Waals surface area (Å²) in [6.07, 6.45) is 1.83. The van der Waals surface area contributed by atoms with Crippen LogP contribution >= 0.6 is 0 Å². The molecule has 0 spiro atoms. The highest BCUT2D eigenvalue weighted by Crippen LogP contribution is 2.23. The molecule has 1 aromatic heterocycles. The molecule has 72 valence electrons. The number of rotatable bonds is 2. The molecule has 13 heavy (non-hydrogen) atoms. The molecule has 0 unspecified atom stereocenters. The van der Waals surface area contributed by atoms with Crippen LogP contribution in [0.2, 0.25) is 0 Å². The normalized spacial score (nSPS) is 13.4. The summed E-state index contributed by atoms with van der Waals surface area (Å²) in [6.45, 7) is 10.7. The molecule has 0 aliphatic heterocycles. The lowest BCUT2D eigenvalue weighted by Crippen LogP contribution is -2.08. The fraction of sp³-hybridized carbons (Fsp3) is 0.636. The van der Waals surface area contributed by atoms with Crippen LogP contribution in [0.5, 0.6) is 0 Å². The summed E-state index contributed by atoms with van der Waals surface area (Å²) in [5.74, 6) is 1.11. The van der Waals surface area contributed by atoms with Crippen LogP contribution in [0, 0.1) is 19.8 Å². The molecule has 1 heterocycles. The number of aryl methyl sites for hydroxylation is 2. The van der Waals surface area contributed by atoms with Gasteiger partial charge in [0.2, 0.25) is 0 Å². The van der Waals surface area contributed by atoms with Crippen molar-refractivity contribution in [1.29, 1.82) is 0 Å². The SMILES string of the molecule is Cc1cnc(C)c([C@@H](C)C(C)C)n1. The summed E-state index contributed by atoms with van der Waals surface area (Å²) in [5.41, 5.74) is 3.22. The Hall–Kier alpha value is -0.920. The molecule has 0 bridgehead atoms. The summed E-state index contributed by atoms with van der Waals surface area (Å²) in [6, 6.07) is 0. The Bertz CT molecular complexity index is 292. The van der Waals surface area contributed by atoms with Gasteiger partial charge in [-0.15, -0.1) is 0 Å². The van der Waals surface area contributed by atoms with E-state index in [9.17, 15) is 0 Å². The van der Waals surface area contributed by atoms with Crippen LogP contribution < -0.4 is 0 Å². The Morgan fingerprint density at radius 1 is 1.15 bits per heavy atom. The molecule has 2 nitrogen and oxygen atoms in total. The minimum Gasteiger partial charge on any atom is -0.258 e. The van der Waals surface area contributed by atoms with Crippen LogP contribution in [0.1, 0.15) is 43.8 Å². The van der Waals surface area contributed by atoms with Gasteiger partial charge in [-0.05, 0) is 19.8 Å². The first-order valence-electron chi connectivity index (χ1n) is 4.82. The van der Waals surface area contributed by atoms with E-state index in [-0.39, 0.29) is 0 Å². The predicted molar refractivity (Wildman–Crippen MR) is 54.8 cm³/mol. The zero-order valence-electron chi connectivity index (χ0n) is 9.13. The van der Waals surface area contributed by atoms with Gasteiger partial charge in [-0.1, -0.05) is 20.8 Å². The molecule has 1 atom stereocenters. The second-order valence-electron chi connectivity index (χ2n) is 4.01. The molecule has 1 aromatic rings. The topological polar surface area (TPSA) is 25.8 Å². The van der Waals surface area contributed by atoms with Gasteiger partial charge in [0, 0.05) is 12.1 Å². The highest BCUT2D eigenvalue weighted by molar-refractivity contribution is 5.16. The Morgan fingerprint density at radius 3 is 2.31 bits per heavy atom. The van der Waals surface area contributed by atoms with E-state index >= 15 is 0 Å². The van der Waals surface area contributed by atoms with Crippen molar-refractivity contribution >= 4 is 0 Å². The molecule has 2 heteroatoms. The van der Waals surface area contributed by atoms with Gasteiger partial charge in [-0.25, -0.2) is 0 Å². The van der Waals surface area contributed by atoms with Crippen molar-refractivity contribution in [3.05, 3.63) is 23.3 Å². The Balaban J connectivity index is 3.05. The molecule has 0 fully saturated rings. The van der Waals surface area contributed by atoms with Crippen LogP contribution in [0.25, 0.3) is 0 Å². The van der Waals surface area contributed by atoms with Crippen molar-refractivity contribution in [2.75, 3.05) is 0 Å². The Kier molecular flexibility index (Phi) is 3.02. The standard InChI is InChI=1S/C11H18N2/c1-7(2)9(4)11-10(5)12-6-8(3)13-11/h6-7,9H,1-5H3/t9-/m0/s1. The third-order valence-electron chi connectivity index (χ3n) is 2.54. The van der Waals surface area contributed by atoms with Crippen LogP contribution in [0.15, 0.2) is 6.20 Å². The highest BCUT2D eigenvalue weighted by atomic mass is 14.8. The Labute approximate surface area is 80.4 Å². The number of aromatic nitrogens is 2. The van der Waals surface area contributed by atoms with Crippen LogP contribution in [0.4, 0.5) is 0 Å². The van der Waals surface area contributed by atoms with E-state index in [0.717, 1.165) is 17.1 Å². The van der Waals surface area contributed by atoms with E-state index in [1.54, 1.807) is 0 Å². The van der Waals surface area contributed by atoms with Crippen molar-refractivity contribution in [2.45, 2.75) is 40.5 Å². The number of nitrogens with zero attached hydrogens (tertiary/aromatic N) is 2. The lowest BCUT2D eigenvalue weighted by atomic mass is 9.93. The first kappa shape index (κ1) is 10.2. The summed E-state index contributed by atoms with van der Waals surface area (Å²) < 4.78 is 0. The molecular formula is C11H18N2. The maximum atomic E-state index is 4.53. The van der Waals surface area contributed by atoms with E-state index < -0.39 is 0 Å². The second-order valence-corrected chi connectivity index (χ2v) is 4.01. The fourth-order valence-electron chi connectivity index (χ4n) is 1.30. The van der Waals surface area contributed by atoms with Gasteiger partial charge in [-0.2, -0.15) is 0 Å². The fourth-order valence-corrected chi connectivity index (χ4v) is 1.30. The molecular weight excluding hydrogens is 160 g/mol. The second kappa shape index (κ2) is 3.86. The van der Waals surface area contributed by atoms with Gasteiger partial charge in [0.15, 0.2) is 0 Å². The average molecular weight is 178 g/mol. The third kappa shape index (κ3) is 2.27. The van der Waals surface area contributed by atoms with E-state index in [1.807, 2.05) is 20.0 Å². The average Bonchev–Trinajstić information content (AvgIpc) is 2.08. The smallest absolute Gasteiger partial charge is 0.0649 e. The zero-order valence-corrected chi connectivity index (χ0v) is 9.13. The first-order chi connectivity index (χ1) is 6.02. The molecule has 0 aliphatic carbocycles. The van der Waals surface area contributed by atoms with Crippen molar-refractivity contribution in [3.8, 4) is 0 Å². The van der Waals surface area contributed by atoms with Gasteiger partial charge in [0.1, 0.15) is 0 Å². The van der Waals surface area contributed by atoms with Crippen molar-refractivity contribution in [1.82, 2.24) is 9.97 Å². The quantitative estimate of drug-likeness (QED) is 0.696. The van der Waals surface area contributed by atoms with Crippen LogP contribution in [0.3, 0.4) is 0 Å². The lowest BCUT2D eigenvalue weighted by Gasteiger charge is -2.16. The largest absolute Gasteiger partial charge is 0.258 e. The van der Waals surface area contributed by atoms with E-state index in [4.69, 9.17) is 0 Å². The van der Waals surface area contributed by atoms with Crippen LogP contribution in [-0.4, -0.2) is 9.97 Å². The molecule has 0 amide bonds. The van der Waals surface area contributed by atoms with Gasteiger partial charge in [0.25, 0.3) is 0 Å². The van der Waals surface area contributed by atoms with E-state index in [1.165, 1.54) is 0 Å². The van der Waals surface area contributed by atoms with E-state index in [0.29, 0.717) is 11.8 Å². The molecule has 1 rings (SSSR count). The summed E-state index contributed by atoms with van der Waals surface area (Å²) in [7, 11) is 0. The highest BCUT2D eigenvalue weighted by Gasteiger charge is 2.14. The maximum Gasteiger partial charge on any atom is 0.0649 e. The molecule has 0 radical (unpaired) electrons. The van der Waals surface area contributed by atoms with Crippen molar-refractivity contribution in [3.63, 3.8) is 0 Å². The van der Waals surface area contributed by atoms with Gasteiger partial charge in [0.05, 0.1) is 17.1 Å². The van der Waals surface area contributed by atoms with Crippen molar-refractivity contribution in [2.24, 2.45) is 5.92 Å². The number of hydrogen-bond donors (Lipinski definition) is 0. The molecule has 0 N–H and O–H groups in total. The van der Waals surface area contributed by atoms with Gasteiger partial charge >= 0.3 is 0 Å². The summed E-state index contributed by atoms with van der Waals surface area (Å²) in [5, 5.41) is 0. The third-order valence-corrected chi connectivity index (χ3v) is 2.54. The minimum atomic E-state index is 0.493.